The minimum Gasteiger partial charge on any atom is -0.267 e. The summed E-state index contributed by atoms with van der Waals surface area (Å²) in [7, 11) is -3.42. The number of hydrogen-bond donors (Lipinski definition) is 1. The lowest BCUT2D eigenvalue weighted by Crippen LogP contribution is -2.15. The van der Waals surface area contributed by atoms with Gasteiger partial charge < -0.3 is 0 Å². The second-order valence-electron chi connectivity index (χ2n) is 2.66. The van der Waals surface area contributed by atoms with Crippen molar-refractivity contribution in [1.82, 2.24) is 4.98 Å². The van der Waals surface area contributed by atoms with Crippen LogP contribution in [0.15, 0.2) is 29.4 Å². The van der Waals surface area contributed by atoms with Crippen molar-refractivity contribution in [3.8, 4) is 0 Å². The quantitative estimate of drug-likeness (QED) is 0.869. The summed E-state index contributed by atoms with van der Waals surface area (Å²) in [4.78, 5) is 3.85. The molecule has 1 aromatic rings. The molecule has 4 nitrogen and oxygen atoms in total. The van der Waals surface area contributed by atoms with E-state index in [0.29, 0.717) is 9.50 Å². The Hall–Kier alpha value is -0.590. The van der Waals surface area contributed by atoms with Crippen molar-refractivity contribution >= 4 is 43.4 Å². The Kier molecular flexibility index (Phi) is 4.12. The fourth-order valence-corrected chi connectivity index (χ4v) is 2.02. The van der Waals surface area contributed by atoms with Gasteiger partial charge in [-0.2, -0.15) is 0 Å². The van der Waals surface area contributed by atoms with Gasteiger partial charge in [0.15, 0.2) is 0 Å². The fourth-order valence-electron chi connectivity index (χ4n) is 0.826. The molecule has 82 valence electrons. The average molecular weight is 312 g/mol. The molecule has 0 amide bonds. The third-order valence-electron chi connectivity index (χ3n) is 1.41. The van der Waals surface area contributed by atoms with Crippen LogP contribution in [-0.4, -0.2) is 19.2 Å². The lowest BCUT2D eigenvalue weighted by Gasteiger charge is -2.05. The number of anilines is 1. The summed E-state index contributed by atoms with van der Waals surface area (Å²) in [5, 5.41) is 0.390. The van der Waals surface area contributed by atoms with Crippen molar-refractivity contribution in [3.05, 3.63) is 34.4 Å². The topological polar surface area (TPSA) is 59.1 Å². The second kappa shape index (κ2) is 4.96. The van der Waals surface area contributed by atoms with Crippen LogP contribution < -0.4 is 4.72 Å². The van der Waals surface area contributed by atoms with Gasteiger partial charge >= 0.3 is 0 Å². The smallest absolute Gasteiger partial charge is 0.237 e. The molecule has 1 aromatic heterocycles. The molecule has 0 unspecified atom stereocenters. The van der Waals surface area contributed by atoms with E-state index in [4.69, 9.17) is 11.6 Å². The Morgan fingerprint density at radius 3 is 2.87 bits per heavy atom. The summed E-state index contributed by atoms with van der Waals surface area (Å²) in [6.45, 7) is 3.35. The summed E-state index contributed by atoms with van der Waals surface area (Å²) < 4.78 is 25.5. The molecule has 0 aromatic carbocycles. The maximum atomic E-state index is 11.3. The molecule has 0 aliphatic rings. The number of hydrogen-bond acceptors (Lipinski definition) is 3. The highest BCUT2D eigenvalue weighted by molar-refractivity contribution is 9.10. The lowest BCUT2D eigenvalue weighted by molar-refractivity contribution is 0.604. The van der Waals surface area contributed by atoms with Crippen LogP contribution >= 0.6 is 27.5 Å². The summed E-state index contributed by atoms with van der Waals surface area (Å²) in [5.41, 5.74) is 0. The predicted molar refractivity (Wildman–Crippen MR) is 64.6 cm³/mol. The highest BCUT2D eigenvalue weighted by atomic mass is 79.9. The zero-order valence-corrected chi connectivity index (χ0v) is 10.7. The Bertz CT molecular complexity index is 476. The summed E-state index contributed by atoms with van der Waals surface area (Å²) in [6.07, 6.45) is 2.72. The Labute approximate surface area is 102 Å². The molecule has 0 radical (unpaired) electrons. The summed E-state index contributed by atoms with van der Waals surface area (Å²) in [6, 6.07) is 1.42. The van der Waals surface area contributed by atoms with Gasteiger partial charge in [-0.15, -0.1) is 6.58 Å². The van der Waals surface area contributed by atoms with Crippen molar-refractivity contribution < 1.29 is 8.42 Å². The van der Waals surface area contributed by atoms with E-state index in [1.807, 2.05) is 0 Å². The second-order valence-corrected chi connectivity index (χ2v) is 5.68. The summed E-state index contributed by atoms with van der Waals surface area (Å²) in [5.74, 6) is 0.0209. The van der Waals surface area contributed by atoms with Gasteiger partial charge in [-0.3, -0.25) is 4.72 Å². The highest BCUT2D eigenvalue weighted by Gasteiger charge is 2.09. The highest BCUT2D eigenvalue weighted by Crippen LogP contribution is 2.23. The maximum Gasteiger partial charge on any atom is 0.237 e. The Morgan fingerprint density at radius 2 is 2.33 bits per heavy atom. The lowest BCUT2D eigenvalue weighted by atomic mass is 10.5. The molecule has 1 N–H and O–H groups in total. The van der Waals surface area contributed by atoms with Crippen molar-refractivity contribution in [2.45, 2.75) is 0 Å². The van der Waals surface area contributed by atoms with Crippen LogP contribution in [0.1, 0.15) is 0 Å². The zero-order chi connectivity index (χ0) is 11.5. The summed E-state index contributed by atoms with van der Waals surface area (Å²) >= 11 is 8.93. The molecule has 0 aliphatic carbocycles. The van der Waals surface area contributed by atoms with E-state index in [9.17, 15) is 8.42 Å². The predicted octanol–water partition coefficient (Wildman–Crippen LogP) is 2.43. The fraction of sp³-hybridized carbons (Fsp3) is 0.125. The third-order valence-corrected chi connectivity index (χ3v) is 3.77. The van der Waals surface area contributed by atoms with E-state index in [2.05, 4.69) is 32.2 Å². The van der Waals surface area contributed by atoms with Gasteiger partial charge in [-0.1, -0.05) is 17.7 Å². The van der Waals surface area contributed by atoms with Crippen LogP contribution in [0.4, 0.5) is 5.82 Å². The molecule has 0 atom stereocenters. The molecule has 0 saturated carbocycles. The number of aromatic nitrogens is 1. The van der Waals surface area contributed by atoms with Gasteiger partial charge in [0.2, 0.25) is 10.0 Å². The van der Waals surface area contributed by atoms with Gasteiger partial charge in [0.1, 0.15) is 5.82 Å². The van der Waals surface area contributed by atoms with Crippen LogP contribution in [0.3, 0.4) is 0 Å². The van der Waals surface area contributed by atoms with Crippen LogP contribution in [0.5, 0.6) is 0 Å². The van der Waals surface area contributed by atoms with E-state index >= 15 is 0 Å². The average Bonchev–Trinajstić information content (AvgIpc) is 2.10. The van der Waals surface area contributed by atoms with E-state index in [-0.39, 0.29) is 11.6 Å². The number of sulfonamides is 1. The zero-order valence-electron chi connectivity index (χ0n) is 7.57. The van der Waals surface area contributed by atoms with Gasteiger partial charge in [-0.05, 0) is 15.9 Å². The van der Waals surface area contributed by atoms with Gasteiger partial charge in [-0.25, -0.2) is 13.4 Å². The number of nitrogens with zero attached hydrogens (tertiary/aromatic N) is 1. The molecule has 15 heavy (non-hydrogen) atoms. The van der Waals surface area contributed by atoms with Crippen LogP contribution in [0.25, 0.3) is 0 Å². The molecule has 0 aliphatic heterocycles. The molecular formula is C8H8BrClN2O2S. The van der Waals surface area contributed by atoms with E-state index in [0.717, 1.165) is 0 Å². The normalized spacial score (nSPS) is 11.1. The Morgan fingerprint density at radius 1 is 1.67 bits per heavy atom. The molecule has 0 saturated heterocycles. The Balaban J connectivity index is 2.91. The van der Waals surface area contributed by atoms with E-state index in [1.54, 1.807) is 0 Å². The molecule has 7 heteroatoms. The van der Waals surface area contributed by atoms with Crippen LogP contribution in [0.2, 0.25) is 5.02 Å². The number of nitrogens with one attached hydrogen (secondary N) is 1. The SMILES string of the molecule is C=CCS(=O)(=O)Nc1cc(Cl)c(Br)cn1. The first-order valence-corrected chi connectivity index (χ1v) is 6.69. The minimum absolute atomic E-state index is 0.164. The molecule has 0 bridgehead atoms. The van der Waals surface area contributed by atoms with Crippen molar-refractivity contribution in [2.24, 2.45) is 0 Å². The first kappa shape index (κ1) is 12.5. The minimum atomic E-state index is -3.42. The van der Waals surface area contributed by atoms with Gasteiger partial charge in [0.05, 0.1) is 15.2 Å². The van der Waals surface area contributed by atoms with Crippen LogP contribution in [0, 0.1) is 0 Å². The molecule has 1 rings (SSSR count). The first-order valence-electron chi connectivity index (χ1n) is 3.87. The van der Waals surface area contributed by atoms with Crippen LogP contribution in [-0.2, 0) is 10.0 Å². The molecular weight excluding hydrogens is 304 g/mol. The van der Waals surface area contributed by atoms with Crippen molar-refractivity contribution in [2.75, 3.05) is 10.5 Å². The van der Waals surface area contributed by atoms with E-state index in [1.165, 1.54) is 18.3 Å². The molecule has 0 spiro atoms. The van der Waals surface area contributed by atoms with Crippen molar-refractivity contribution in [1.29, 1.82) is 0 Å². The van der Waals surface area contributed by atoms with Crippen molar-refractivity contribution in [3.63, 3.8) is 0 Å². The standard InChI is InChI=1S/C8H8BrClN2O2S/c1-2-3-15(13,14)12-8-4-7(10)6(9)5-11-8/h2,4-5H,1,3H2,(H,11,12). The molecule has 1 heterocycles. The van der Waals surface area contributed by atoms with Gasteiger partial charge in [0.25, 0.3) is 0 Å². The maximum absolute atomic E-state index is 11.3. The molecule has 0 fully saturated rings. The third kappa shape index (κ3) is 3.81. The monoisotopic (exact) mass is 310 g/mol. The van der Waals surface area contributed by atoms with Gasteiger partial charge in [0, 0.05) is 12.3 Å². The van der Waals surface area contributed by atoms with E-state index < -0.39 is 10.0 Å². The number of rotatable bonds is 4. The largest absolute Gasteiger partial charge is 0.267 e. The first-order chi connectivity index (χ1) is 6.94. The number of pyridine rings is 1. The number of halogens is 2.